The van der Waals surface area contributed by atoms with E-state index in [-0.39, 0.29) is 0 Å². The largest absolute Gasteiger partial charge is 0.351 e. The molecule has 56 valence electrons. The molecule has 4 amide bonds. The molecule has 0 bridgehead atoms. The van der Waals surface area contributed by atoms with Crippen molar-refractivity contribution < 1.29 is 9.59 Å². The Hall–Kier alpha value is -1.97. The van der Waals surface area contributed by atoms with Crippen molar-refractivity contribution in [1.29, 1.82) is 5.26 Å². The third-order valence-corrected chi connectivity index (χ3v) is 0.246. The molecule has 0 rings (SSSR count). The summed E-state index contributed by atoms with van der Waals surface area (Å²) in [7, 11) is 0. The summed E-state index contributed by atoms with van der Waals surface area (Å²) in [5, 5.41) is 8.68. The minimum atomic E-state index is -0.938. The number of urea groups is 2. The zero-order chi connectivity index (χ0) is 8.57. The van der Waals surface area contributed by atoms with E-state index in [4.69, 9.17) is 5.26 Å². The predicted octanol–water partition coefficient (Wildman–Crippen LogP) is -1.84. The van der Waals surface area contributed by atoms with Crippen molar-refractivity contribution in [2.45, 2.75) is 0 Å². The van der Waals surface area contributed by atoms with Gasteiger partial charge in [-0.2, -0.15) is 5.26 Å². The lowest BCUT2D eigenvalue weighted by Crippen LogP contribution is -2.38. The number of carbonyl (C=O) groups excluding carboxylic acids is 2. The van der Waals surface area contributed by atoms with Gasteiger partial charge < -0.3 is 17.2 Å². The molecular weight excluding hydrogens is 138 g/mol. The van der Waals surface area contributed by atoms with Gasteiger partial charge in [-0.25, -0.2) is 9.59 Å². The van der Waals surface area contributed by atoms with Crippen molar-refractivity contribution >= 4 is 12.1 Å². The molecule has 0 radical (unpaired) electrons. The summed E-state index contributed by atoms with van der Waals surface area (Å²) in [5.74, 6) is 0. The van der Waals surface area contributed by atoms with Gasteiger partial charge in [0.1, 0.15) is 0 Å². The molecule has 0 aliphatic heterocycles. The van der Waals surface area contributed by atoms with Crippen molar-refractivity contribution in [3.8, 4) is 6.19 Å². The fraction of sp³-hybridized carbons (Fsp3) is 0. The highest BCUT2D eigenvalue weighted by molar-refractivity contribution is 5.91. The zero-order valence-electron chi connectivity index (χ0n) is 5.00. The van der Waals surface area contributed by atoms with Crippen LogP contribution in [0.3, 0.4) is 0 Å². The second-order valence-corrected chi connectivity index (χ2v) is 0.983. The number of hydrogen-bond donors (Lipinski definition) is 4. The van der Waals surface area contributed by atoms with Crippen LogP contribution in [-0.2, 0) is 0 Å². The van der Waals surface area contributed by atoms with Crippen molar-refractivity contribution in [1.82, 2.24) is 5.32 Å². The lowest BCUT2D eigenvalue weighted by molar-refractivity contribution is 0.236. The van der Waals surface area contributed by atoms with Gasteiger partial charge in [-0.3, -0.25) is 5.32 Å². The molecule has 0 saturated heterocycles. The maximum absolute atomic E-state index is 9.62. The molecular formula is C3H7N5O2. The Kier molecular flexibility index (Phi) is 7.67. The Labute approximate surface area is 56.8 Å². The molecule has 0 atom stereocenters. The first-order valence-electron chi connectivity index (χ1n) is 2.00. The number of carbonyl (C=O) groups is 2. The standard InChI is InChI=1S/C2H5N3O2.CH2N2/c3-1(6)5-2(4)7;2-1-3/h(H5,3,4,5,6,7);2H2. The second kappa shape index (κ2) is 7.03. The maximum Gasteiger partial charge on any atom is 0.320 e. The molecule has 0 unspecified atom stereocenters. The SMILES string of the molecule is N#CN.NC(=O)NC(N)=O. The number of amides is 4. The Bertz CT molecular complexity index is 147. The molecule has 0 aromatic rings. The molecule has 10 heavy (non-hydrogen) atoms. The molecule has 7 N–H and O–H groups in total. The van der Waals surface area contributed by atoms with Gasteiger partial charge >= 0.3 is 12.1 Å². The van der Waals surface area contributed by atoms with Crippen LogP contribution < -0.4 is 22.5 Å². The van der Waals surface area contributed by atoms with Crippen LogP contribution in [0.2, 0.25) is 0 Å². The predicted molar refractivity (Wildman–Crippen MR) is 32.1 cm³/mol. The van der Waals surface area contributed by atoms with E-state index in [1.54, 1.807) is 5.32 Å². The van der Waals surface area contributed by atoms with E-state index in [2.05, 4.69) is 17.2 Å². The Balaban J connectivity index is 0. The molecule has 0 saturated carbocycles. The van der Waals surface area contributed by atoms with Crippen LogP contribution in [0, 0.1) is 11.5 Å². The van der Waals surface area contributed by atoms with Crippen molar-refractivity contribution in [2.24, 2.45) is 17.2 Å². The first-order valence-corrected chi connectivity index (χ1v) is 2.00. The first-order chi connectivity index (χ1) is 4.54. The zero-order valence-corrected chi connectivity index (χ0v) is 5.00. The van der Waals surface area contributed by atoms with E-state index in [0.29, 0.717) is 0 Å². The number of primary amides is 2. The molecule has 0 aromatic heterocycles. The number of rotatable bonds is 0. The average Bonchev–Trinajstić information content (AvgIpc) is 1.62. The molecule has 0 aliphatic carbocycles. The summed E-state index contributed by atoms with van der Waals surface area (Å²) < 4.78 is 0. The van der Waals surface area contributed by atoms with Gasteiger partial charge in [0, 0.05) is 0 Å². The maximum atomic E-state index is 9.62. The lowest BCUT2D eigenvalue weighted by atomic mass is 10.9. The van der Waals surface area contributed by atoms with Crippen molar-refractivity contribution in [2.75, 3.05) is 0 Å². The Morgan fingerprint density at radius 1 is 1.30 bits per heavy atom. The highest BCUT2D eigenvalue weighted by atomic mass is 16.2. The quantitative estimate of drug-likeness (QED) is 0.234. The van der Waals surface area contributed by atoms with E-state index < -0.39 is 12.1 Å². The van der Waals surface area contributed by atoms with Gasteiger partial charge in [0.25, 0.3) is 0 Å². The number of imide groups is 1. The second-order valence-electron chi connectivity index (χ2n) is 0.983. The molecule has 7 nitrogen and oxygen atoms in total. The van der Waals surface area contributed by atoms with Gasteiger partial charge in [0.15, 0.2) is 6.19 Å². The van der Waals surface area contributed by atoms with Crippen LogP contribution in [-0.4, -0.2) is 12.1 Å². The number of hydrogen-bond acceptors (Lipinski definition) is 4. The number of nitrogens with two attached hydrogens (primary N) is 3. The highest BCUT2D eigenvalue weighted by Gasteiger charge is 1.92. The first kappa shape index (κ1) is 10.9. The molecule has 0 spiro atoms. The third kappa shape index (κ3) is 37.0. The highest BCUT2D eigenvalue weighted by Crippen LogP contribution is 1.51. The summed E-state index contributed by atoms with van der Waals surface area (Å²) in [6.45, 7) is 0. The summed E-state index contributed by atoms with van der Waals surface area (Å²) in [4.78, 5) is 19.2. The Morgan fingerprint density at radius 2 is 1.50 bits per heavy atom. The van der Waals surface area contributed by atoms with Crippen LogP contribution in [0.1, 0.15) is 0 Å². The monoisotopic (exact) mass is 145 g/mol. The minimum absolute atomic E-state index is 0.937. The molecule has 0 heterocycles. The average molecular weight is 145 g/mol. The summed E-state index contributed by atoms with van der Waals surface area (Å²) in [5.41, 5.74) is 13.0. The van der Waals surface area contributed by atoms with Crippen LogP contribution >= 0.6 is 0 Å². The summed E-state index contributed by atoms with van der Waals surface area (Å²) in [6.07, 6.45) is 1.25. The smallest absolute Gasteiger partial charge is 0.320 e. The van der Waals surface area contributed by atoms with Crippen LogP contribution in [0.25, 0.3) is 0 Å². The number of nitriles is 1. The number of nitrogens with one attached hydrogen (secondary N) is 1. The van der Waals surface area contributed by atoms with Gasteiger partial charge in [0.05, 0.1) is 0 Å². The van der Waals surface area contributed by atoms with Gasteiger partial charge in [-0.1, -0.05) is 0 Å². The molecule has 7 heteroatoms. The van der Waals surface area contributed by atoms with E-state index in [1.165, 1.54) is 6.19 Å². The van der Waals surface area contributed by atoms with E-state index in [9.17, 15) is 9.59 Å². The normalized spacial score (nSPS) is 5.90. The molecule has 0 aromatic carbocycles. The van der Waals surface area contributed by atoms with E-state index in [1.807, 2.05) is 0 Å². The van der Waals surface area contributed by atoms with Crippen molar-refractivity contribution in [3.05, 3.63) is 0 Å². The van der Waals surface area contributed by atoms with Crippen LogP contribution in [0.4, 0.5) is 9.59 Å². The van der Waals surface area contributed by atoms with Gasteiger partial charge in [-0.15, -0.1) is 0 Å². The van der Waals surface area contributed by atoms with Crippen molar-refractivity contribution in [3.63, 3.8) is 0 Å². The summed E-state index contributed by atoms with van der Waals surface area (Å²) >= 11 is 0. The summed E-state index contributed by atoms with van der Waals surface area (Å²) in [6, 6.07) is -1.88. The van der Waals surface area contributed by atoms with Crippen LogP contribution in [0.15, 0.2) is 0 Å². The third-order valence-electron chi connectivity index (χ3n) is 0.246. The molecule has 0 fully saturated rings. The number of nitrogens with zero attached hydrogens (tertiary/aromatic N) is 1. The van der Waals surface area contributed by atoms with Gasteiger partial charge in [-0.05, 0) is 0 Å². The van der Waals surface area contributed by atoms with E-state index in [0.717, 1.165) is 0 Å². The van der Waals surface area contributed by atoms with E-state index >= 15 is 0 Å². The fourth-order valence-corrected chi connectivity index (χ4v) is 0.121. The van der Waals surface area contributed by atoms with Gasteiger partial charge in [0.2, 0.25) is 0 Å². The molecule has 0 aliphatic rings. The van der Waals surface area contributed by atoms with Crippen LogP contribution in [0.5, 0.6) is 0 Å². The fourth-order valence-electron chi connectivity index (χ4n) is 0.121. The topological polar surface area (TPSA) is 148 Å². The lowest BCUT2D eigenvalue weighted by Gasteiger charge is -1.88. The Morgan fingerprint density at radius 3 is 1.50 bits per heavy atom. The minimum Gasteiger partial charge on any atom is -0.351 e.